The topological polar surface area (TPSA) is 20.2 Å². The van der Waals surface area contributed by atoms with Crippen LogP contribution in [0, 0.1) is 5.41 Å². The Kier molecular flexibility index (Phi) is 3.01. The first-order chi connectivity index (χ1) is 6.63. The van der Waals surface area contributed by atoms with Crippen LogP contribution in [-0.2, 0) is 0 Å². The van der Waals surface area contributed by atoms with Gasteiger partial charge in [-0.2, -0.15) is 0 Å². The van der Waals surface area contributed by atoms with E-state index in [1.807, 2.05) is 11.4 Å². The Morgan fingerprint density at radius 1 is 1.50 bits per heavy atom. The smallest absolute Gasteiger partial charge is 0.0946 e. The molecule has 78 valence electrons. The fourth-order valence-corrected chi connectivity index (χ4v) is 4.02. The molecule has 0 saturated heterocycles. The lowest BCUT2D eigenvalue weighted by atomic mass is 9.82. The van der Waals surface area contributed by atoms with E-state index in [9.17, 15) is 5.11 Å². The molecule has 1 aromatic heterocycles. The predicted molar refractivity (Wildman–Crippen MR) is 63.6 cm³/mol. The van der Waals surface area contributed by atoms with Crippen LogP contribution >= 0.6 is 27.3 Å². The number of rotatable bonds is 2. The Morgan fingerprint density at radius 3 is 2.64 bits per heavy atom. The van der Waals surface area contributed by atoms with E-state index in [1.54, 1.807) is 11.3 Å². The van der Waals surface area contributed by atoms with Crippen LogP contribution in [0.5, 0.6) is 0 Å². The first-order valence-corrected chi connectivity index (χ1v) is 6.72. The Labute approximate surface area is 97.3 Å². The highest BCUT2D eigenvalue weighted by Crippen LogP contribution is 2.49. The summed E-state index contributed by atoms with van der Waals surface area (Å²) in [5, 5.41) is 12.4. The summed E-state index contributed by atoms with van der Waals surface area (Å²) in [6, 6.07) is 2.02. The monoisotopic (exact) mass is 274 g/mol. The standard InChI is InChI=1S/C11H15BrOS/c1-11(5-2-3-6-11)10(13)9-8(12)4-7-14-9/h4,7,10,13H,2-3,5-6H2,1H3. The summed E-state index contributed by atoms with van der Waals surface area (Å²) in [5.74, 6) is 0. The quantitative estimate of drug-likeness (QED) is 0.860. The van der Waals surface area contributed by atoms with Gasteiger partial charge in [0.1, 0.15) is 0 Å². The molecule has 0 amide bonds. The lowest BCUT2D eigenvalue weighted by Crippen LogP contribution is -2.21. The van der Waals surface area contributed by atoms with Crippen molar-refractivity contribution in [3.63, 3.8) is 0 Å². The van der Waals surface area contributed by atoms with Crippen LogP contribution in [-0.4, -0.2) is 5.11 Å². The van der Waals surface area contributed by atoms with Gasteiger partial charge < -0.3 is 5.11 Å². The Morgan fingerprint density at radius 2 is 2.14 bits per heavy atom. The number of thiophene rings is 1. The van der Waals surface area contributed by atoms with Crippen molar-refractivity contribution in [1.82, 2.24) is 0 Å². The highest BCUT2D eigenvalue weighted by molar-refractivity contribution is 9.10. The molecule has 1 saturated carbocycles. The molecule has 2 rings (SSSR count). The van der Waals surface area contributed by atoms with Crippen LogP contribution in [0.15, 0.2) is 15.9 Å². The molecule has 1 nitrogen and oxygen atoms in total. The van der Waals surface area contributed by atoms with E-state index in [-0.39, 0.29) is 11.5 Å². The minimum atomic E-state index is -0.292. The van der Waals surface area contributed by atoms with Gasteiger partial charge in [0.05, 0.1) is 6.10 Å². The van der Waals surface area contributed by atoms with Gasteiger partial charge in [0.2, 0.25) is 0 Å². The molecule has 1 aromatic rings. The number of aliphatic hydroxyl groups excluding tert-OH is 1. The van der Waals surface area contributed by atoms with Crippen LogP contribution in [0.1, 0.15) is 43.6 Å². The fourth-order valence-electron chi connectivity index (χ4n) is 2.27. The van der Waals surface area contributed by atoms with E-state index >= 15 is 0 Å². The van der Waals surface area contributed by atoms with Crippen molar-refractivity contribution >= 4 is 27.3 Å². The van der Waals surface area contributed by atoms with Crippen LogP contribution in [0.4, 0.5) is 0 Å². The van der Waals surface area contributed by atoms with Gasteiger partial charge in [-0.15, -0.1) is 11.3 Å². The second-order valence-corrected chi connectivity index (χ2v) is 6.20. The van der Waals surface area contributed by atoms with Crippen molar-refractivity contribution in [2.75, 3.05) is 0 Å². The van der Waals surface area contributed by atoms with Crippen molar-refractivity contribution in [3.05, 3.63) is 20.8 Å². The molecule has 1 atom stereocenters. The highest BCUT2D eigenvalue weighted by Gasteiger charge is 2.38. The second kappa shape index (κ2) is 3.95. The van der Waals surface area contributed by atoms with Crippen molar-refractivity contribution in [2.45, 2.75) is 38.7 Å². The highest BCUT2D eigenvalue weighted by atomic mass is 79.9. The normalized spacial score (nSPS) is 22.5. The fraction of sp³-hybridized carbons (Fsp3) is 0.636. The lowest BCUT2D eigenvalue weighted by Gasteiger charge is -2.29. The molecule has 0 spiro atoms. The predicted octanol–water partition coefficient (Wildman–Crippen LogP) is 4.12. The minimum absolute atomic E-state index is 0.105. The molecule has 1 fully saturated rings. The molecule has 1 unspecified atom stereocenters. The van der Waals surface area contributed by atoms with Crippen molar-refractivity contribution in [1.29, 1.82) is 0 Å². The van der Waals surface area contributed by atoms with Gasteiger partial charge in [-0.05, 0) is 45.6 Å². The zero-order valence-electron chi connectivity index (χ0n) is 8.29. The van der Waals surface area contributed by atoms with Gasteiger partial charge in [-0.1, -0.05) is 19.8 Å². The summed E-state index contributed by atoms with van der Waals surface area (Å²) in [4.78, 5) is 1.09. The molecule has 1 heterocycles. The van der Waals surface area contributed by atoms with E-state index in [4.69, 9.17) is 0 Å². The molecule has 1 N–H and O–H groups in total. The number of hydrogen-bond donors (Lipinski definition) is 1. The molecular formula is C11H15BrOS. The van der Waals surface area contributed by atoms with Gasteiger partial charge in [-0.3, -0.25) is 0 Å². The molecule has 1 aliphatic carbocycles. The van der Waals surface area contributed by atoms with E-state index in [2.05, 4.69) is 22.9 Å². The largest absolute Gasteiger partial charge is 0.387 e. The molecule has 0 bridgehead atoms. The van der Waals surface area contributed by atoms with Gasteiger partial charge >= 0.3 is 0 Å². The molecule has 14 heavy (non-hydrogen) atoms. The van der Waals surface area contributed by atoms with Crippen molar-refractivity contribution < 1.29 is 5.11 Å². The first-order valence-electron chi connectivity index (χ1n) is 5.04. The maximum absolute atomic E-state index is 10.3. The maximum atomic E-state index is 10.3. The maximum Gasteiger partial charge on any atom is 0.0946 e. The number of hydrogen-bond acceptors (Lipinski definition) is 2. The number of aliphatic hydroxyl groups is 1. The van der Waals surface area contributed by atoms with E-state index in [1.165, 1.54) is 12.8 Å². The van der Waals surface area contributed by atoms with Crippen LogP contribution in [0.25, 0.3) is 0 Å². The summed E-state index contributed by atoms with van der Waals surface area (Å²) < 4.78 is 1.06. The van der Waals surface area contributed by atoms with Gasteiger partial charge in [0.15, 0.2) is 0 Å². The third kappa shape index (κ3) is 1.77. The molecule has 0 aliphatic heterocycles. The van der Waals surface area contributed by atoms with Gasteiger partial charge in [0.25, 0.3) is 0 Å². The van der Waals surface area contributed by atoms with Crippen molar-refractivity contribution in [3.8, 4) is 0 Å². The van der Waals surface area contributed by atoms with Gasteiger partial charge in [0, 0.05) is 9.35 Å². The third-order valence-electron chi connectivity index (χ3n) is 3.30. The molecule has 3 heteroatoms. The average molecular weight is 275 g/mol. The molecule has 0 radical (unpaired) electrons. The third-order valence-corrected chi connectivity index (χ3v) is 5.22. The van der Waals surface area contributed by atoms with E-state index in [0.717, 1.165) is 22.2 Å². The summed E-state index contributed by atoms with van der Waals surface area (Å²) >= 11 is 5.13. The van der Waals surface area contributed by atoms with Gasteiger partial charge in [-0.25, -0.2) is 0 Å². The minimum Gasteiger partial charge on any atom is -0.387 e. The molecule has 0 aromatic carbocycles. The average Bonchev–Trinajstić information content (AvgIpc) is 2.74. The van der Waals surface area contributed by atoms with Crippen LogP contribution in [0.3, 0.4) is 0 Å². The summed E-state index contributed by atoms with van der Waals surface area (Å²) in [7, 11) is 0. The zero-order valence-corrected chi connectivity index (χ0v) is 10.7. The first kappa shape index (κ1) is 10.7. The van der Waals surface area contributed by atoms with Crippen LogP contribution in [0.2, 0.25) is 0 Å². The Bertz CT molecular complexity index is 315. The van der Waals surface area contributed by atoms with E-state index in [0.29, 0.717) is 0 Å². The SMILES string of the molecule is CC1(C(O)c2sccc2Br)CCCC1. The zero-order chi connectivity index (χ0) is 10.2. The second-order valence-electron chi connectivity index (χ2n) is 4.40. The Balaban J connectivity index is 2.23. The Hall–Kier alpha value is 0.140. The summed E-state index contributed by atoms with van der Waals surface area (Å²) in [6.45, 7) is 2.21. The lowest BCUT2D eigenvalue weighted by molar-refractivity contribution is 0.0432. The summed E-state index contributed by atoms with van der Waals surface area (Å²) in [6.07, 6.45) is 4.53. The summed E-state index contributed by atoms with van der Waals surface area (Å²) in [5.41, 5.74) is 0.105. The molecular weight excluding hydrogens is 260 g/mol. The molecule has 1 aliphatic rings. The number of halogens is 1. The van der Waals surface area contributed by atoms with Crippen LogP contribution < -0.4 is 0 Å². The van der Waals surface area contributed by atoms with Crippen molar-refractivity contribution in [2.24, 2.45) is 5.41 Å². The van der Waals surface area contributed by atoms with E-state index < -0.39 is 0 Å².